The third kappa shape index (κ3) is 3.62. The number of fused-ring (bicyclic) bond motifs is 1. The number of likely N-dealkylation sites (tertiary alicyclic amines) is 1. The van der Waals surface area contributed by atoms with Crippen LogP contribution in [-0.2, 0) is 4.79 Å². The molecular formula is C19H20N2O2. The molecule has 1 aliphatic rings. The smallest absolute Gasteiger partial charge is 0.240 e. The fourth-order valence-corrected chi connectivity index (χ4v) is 2.95. The molecule has 1 heterocycles. The van der Waals surface area contributed by atoms with Gasteiger partial charge in [-0.2, -0.15) is 5.26 Å². The van der Waals surface area contributed by atoms with Crippen LogP contribution in [0.1, 0.15) is 19.3 Å². The molecule has 2 aromatic rings. The SMILES string of the molecule is N#CC(CCOc1ccc2ccccc2c1)C(=O)N1CCCC1. The number of rotatable bonds is 5. The summed E-state index contributed by atoms with van der Waals surface area (Å²) in [7, 11) is 0. The summed E-state index contributed by atoms with van der Waals surface area (Å²) in [4.78, 5) is 14.0. The number of carbonyl (C=O) groups excluding carboxylic acids is 1. The van der Waals surface area contributed by atoms with E-state index in [1.165, 1.54) is 5.39 Å². The summed E-state index contributed by atoms with van der Waals surface area (Å²) in [5.41, 5.74) is 0. The summed E-state index contributed by atoms with van der Waals surface area (Å²) in [6.45, 7) is 1.93. The molecule has 1 unspecified atom stereocenters. The van der Waals surface area contributed by atoms with Crippen LogP contribution >= 0.6 is 0 Å². The van der Waals surface area contributed by atoms with Crippen LogP contribution in [-0.4, -0.2) is 30.5 Å². The normalized spacial score (nSPS) is 15.3. The summed E-state index contributed by atoms with van der Waals surface area (Å²) in [5, 5.41) is 11.5. The summed E-state index contributed by atoms with van der Waals surface area (Å²) in [6.07, 6.45) is 2.51. The molecule has 0 bridgehead atoms. The molecule has 1 atom stereocenters. The molecule has 0 aromatic heterocycles. The average Bonchev–Trinajstić information content (AvgIpc) is 3.12. The Morgan fingerprint density at radius 3 is 2.65 bits per heavy atom. The highest BCUT2D eigenvalue weighted by Crippen LogP contribution is 2.21. The number of carbonyl (C=O) groups is 1. The Balaban J connectivity index is 1.56. The monoisotopic (exact) mass is 308 g/mol. The first-order chi connectivity index (χ1) is 11.3. The molecule has 1 aliphatic heterocycles. The van der Waals surface area contributed by atoms with Crippen LogP contribution in [0.4, 0.5) is 0 Å². The largest absolute Gasteiger partial charge is 0.494 e. The van der Waals surface area contributed by atoms with Crippen molar-refractivity contribution in [2.75, 3.05) is 19.7 Å². The molecule has 3 rings (SSSR count). The van der Waals surface area contributed by atoms with Crippen molar-refractivity contribution in [1.29, 1.82) is 5.26 Å². The third-order valence-corrected chi connectivity index (χ3v) is 4.27. The summed E-state index contributed by atoms with van der Waals surface area (Å²) < 4.78 is 5.74. The average molecular weight is 308 g/mol. The molecule has 1 fully saturated rings. The number of hydrogen-bond donors (Lipinski definition) is 0. The number of benzene rings is 2. The maximum absolute atomic E-state index is 12.2. The van der Waals surface area contributed by atoms with Crippen LogP contribution < -0.4 is 4.74 Å². The van der Waals surface area contributed by atoms with Crippen molar-refractivity contribution in [3.8, 4) is 11.8 Å². The van der Waals surface area contributed by atoms with E-state index in [1.807, 2.05) is 36.4 Å². The highest BCUT2D eigenvalue weighted by atomic mass is 16.5. The van der Waals surface area contributed by atoms with Gasteiger partial charge in [0.15, 0.2) is 0 Å². The fourth-order valence-electron chi connectivity index (χ4n) is 2.95. The van der Waals surface area contributed by atoms with Crippen LogP contribution in [0.2, 0.25) is 0 Å². The van der Waals surface area contributed by atoms with Crippen molar-refractivity contribution >= 4 is 16.7 Å². The van der Waals surface area contributed by atoms with E-state index in [4.69, 9.17) is 4.74 Å². The van der Waals surface area contributed by atoms with Crippen molar-refractivity contribution < 1.29 is 9.53 Å². The molecule has 0 N–H and O–H groups in total. The van der Waals surface area contributed by atoms with Crippen LogP contribution in [0, 0.1) is 17.2 Å². The lowest BCUT2D eigenvalue weighted by molar-refractivity contribution is -0.133. The van der Waals surface area contributed by atoms with E-state index >= 15 is 0 Å². The molecule has 23 heavy (non-hydrogen) atoms. The van der Waals surface area contributed by atoms with Gasteiger partial charge in [0.25, 0.3) is 0 Å². The van der Waals surface area contributed by atoms with Crippen LogP contribution in [0.3, 0.4) is 0 Å². The van der Waals surface area contributed by atoms with Gasteiger partial charge in [-0.15, -0.1) is 0 Å². The van der Waals surface area contributed by atoms with Crippen molar-refractivity contribution in [2.45, 2.75) is 19.3 Å². The molecule has 0 saturated carbocycles. The minimum Gasteiger partial charge on any atom is -0.494 e. The Labute approximate surface area is 136 Å². The van der Waals surface area contributed by atoms with Crippen LogP contribution in [0.5, 0.6) is 5.75 Å². The Morgan fingerprint density at radius 2 is 1.91 bits per heavy atom. The van der Waals surface area contributed by atoms with E-state index in [0.29, 0.717) is 13.0 Å². The molecule has 1 amide bonds. The molecule has 0 spiro atoms. The van der Waals surface area contributed by atoms with Crippen molar-refractivity contribution in [2.24, 2.45) is 5.92 Å². The Bertz CT molecular complexity index is 729. The first-order valence-electron chi connectivity index (χ1n) is 8.08. The second kappa shape index (κ2) is 7.15. The molecule has 0 aliphatic carbocycles. The first kappa shape index (κ1) is 15.4. The van der Waals surface area contributed by atoms with Gasteiger partial charge in [-0.25, -0.2) is 0 Å². The molecule has 4 nitrogen and oxygen atoms in total. The predicted molar refractivity (Wildman–Crippen MR) is 89.0 cm³/mol. The highest BCUT2D eigenvalue weighted by molar-refractivity contribution is 5.83. The minimum atomic E-state index is -0.603. The van der Waals surface area contributed by atoms with Gasteiger partial charge in [-0.1, -0.05) is 30.3 Å². The standard InChI is InChI=1S/C19H20N2O2/c20-14-17(19(22)21-10-3-4-11-21)9-12-23-18-8-7-15-5-1-2-6-16(15)13-18/h1-2,5-8,13,17H,3-4,9-12H2. The molecule has 118 valence electrons. The maximum Gasteiger partial charge on any atom is 0.240 e. The summed E-state index contributed by atoms with van der Waals surface area (Å²) in [6, 6.07) is 16.1. The van der Waals surface area contributed by atoms with Crippen LogP contribution in [0.15, 0.2) is 42.5 Å². The Hall–Kier alpha value is -2.54. The second-order valence-corrected chi connectivity index (χ2v) is 5.86. The van der Waals surface area contributed by atoms with Crippen molar-refractivity contribution in [3.63, 3.8) is 0 Å². The lowest BCUT2D eigenvalue weighted by atomic mass is 10.1. The Kier molecular flexibility index (Phi) is 4.77. The Morgan fingerprint density at radius 1 is 1.17 bits per heavy atom. The number of hydrogen-bond acceptors (Lipinski definition) is 3. The minimum absolute atomic E-state index is 0.0490. The number of nitriles is 1. The van der Waals surface area contributed by atoms with E-state index in [2.05, 4.69) is 12.1 Å². The number of nitrogens with zero attached hydrogens (tertiary/aromatic N) is 2. The second-order valence-electron chi connectivity index (χ2n) is 5.86. The van der Waals surface area contributed by atoms with Gasteiger partial charge in [0.2, 0.25) is 5.91 Å². The van der Waals surface area contributed by atoms with E-state index in [9.17, 15) is 10.1 Å². The lowest BCUT2D eigenvalue weighted by Crippen LogP contribution is -2.33. The number of amides is 1. The van der Waals surface area contributed by atoms with Gasteiger partial charge in [0.05, 0.1) is 12.7 Å². The van der Waals surface area contributed by atoms with Gasteiger partial charge >= 0.3 is 0 Å². The quantitative estimate of drug-likeness (QED) is 0.851. The zero-order valence-electron chi connectivity index (χ0n) is 13.1. The third-order valence-electron chi connectivity index (χ3n) is 4.27. The van der Waals surface area contributed by atoms with E-state index < -0.39 is 5.92 Å². The van der Waals surface area contributed by atoms with Gasteiger partial charge in [-0.3, -0.25) is 4.79 Å². The fraction of sp³-hybridized carbons (Fsp3) is 0.368. The predicted octanol–water partition coefficient (Wildman–Crippen LogP) is 3.37. The van der Waals surface area contributed by atoms with Crippen LogP contribution in [0.25, 0.3) is 10.8 Å². The topological polar surface area (TPSA) is 53.3 Å². The first-order valence-corrected chi connectivity index (χ1v) is 8.08. The number of ether oxygens (including phenoxy) is 1. The van der Waals surface area contributed by atoms with Gasteiger partial charge < -0.3 is 9.64 Å². The zero-order chi connectivity index (χ0) is 16.1. The summed E-state index contributed by atoms with van der Waals surface area (Å²) >= 11 is 0. The van der Waals surface area contributed by atoms with Gasteiger partial charge in [-0.05, 0) is 35.7 Å². The summed E-state index contributed by atoms with van der Waals surface area (Å²) in [5.74, 6) is 0.120. The van der Waals surface area contributed by atoms with E-state index in [1.54, 1.807) is 4.90 Å². The molecule has 0 radical (unpaired) electrons. The van der Waals surface area contributed by atoms with E-state index in [-0.39, 0.29) is 5.91 Å². The highest BCUT2D eigenvalue weighted by Gasteiger charge is 2.26. The van der Waals surface area contributed by atoms with Gasteiger partial charge in [0.1, 0.15) is 11.7 Å². The zero-order valence-corrected chi connectivity index (χ0v) is 13.1. The van der Waals surface area contributed by atoms with Crippen molar-refractivity contribution in [1.82, 2.24) is 4.90 Å². The van der Waals surface area contributed by atoms with Gasteiger partial charge in [0, 0.05) is 19.5 Å². The molecular weight excluding hydrogens is 288 g/mol. The maximum atomic E-state index is 12.2. The van der Waals surface area contributed by atoms with Crippen molar-refractivity contribution in [3.05, 3.63) is 42.5 Å². The lowest BCUT2D eigenvalue weighted by Gasteiger charge is -2.18. The molecule has 2 aromatic carbocycles. The van der Waals surface area contributed by atoms with E-state index in [0.717, 1.165) is 37.1 Å². The molecule has 1 saturated heterocycles. The molecule has 4 heteroatoms.